The van der Waals surface area contributed by atoms with E-state index in [1.165, 1.54) is 6.07 Å². The van der Waals surface area contributed by atoms with Gasteiger partial charge in [0.2, 0.25) is 0 Å². The van der Waals surface area contributed by atoms with E-state index in [4.69, 9.17) is 0 Å². The average molecular weight is 281 g/mol. The van der Waals surface area contributed by atoms with Crippen molar-refractivity contribution in [2.24, 2.45) is 0 Å². The van der Waals surface area contributed by atoms with Gasteiger partial charge in [0.15, 0.2) is 4.34 Å². The zero-order chi connectivity index (χ0) is 12.5. The molecule has 0 radical (unpaired) electrons. The van der Waals surface area contributed by atoms with E-state index in [2.05, 4.69) is 10.3 Å². The summed E-state index contributed by atoms with van der Waals surface area (Å²) in [4.78, 5) is 14.8. The van der Waals surface area contributed by atoms with Crippen molar-refractivity contribution in [1.29, 1.82) is 0 Å². The quantitative estimate of drug-likeness (QED) is 0.692. The van der Waals surface area contributed by atoms with Crippen LogP contribution in [0.15, 0.2) is 22.5 Å². The van der Waals surface area contributed by atoms with Crippen LogP contribution in [-0.2, 0) is 0 Å². The minimum absolute atomic E-state index is 0.104. The van der Waals surface area contributed by atoms with Crippen molar-refractivity contribution in [3.05, 3.63) is 28.3 Å². The molecule has 1 aromatic carbocycles. The van der Waals surface area contributed by atoms with Crippen LogP contribution >= 0.6 is 23.1 Å². The Labute approximate surface area is 112 Å². The summed E-state index contributed by atoms with van der Waals surface area (Å²) in [5, 5.41) is 14.6. The van der Waals surface area contributed by atoms with E-state index in [1.807, 2.05) is 0 Å². The summed E-state index contributed by atoms with van der Waals surface area (Å²) < 4.78 is 2.01. The molecule has 1 saturated heterocycles. The highest BCUT2D eigenvalue weighted by Gasteiger charge is 2.18. The van der Waals surface area contributed by atoms with E-state index in [9.17, 15) is 10.1 Å². The molecule has 1 aromatic heterocycles. The number of nitro benzene ring substituents is 1. The Balaban J connectivity index is 1.87. The van der Waals surface area contributed by atoms with Gasteiger partial charge in [-0.15, -0.1) is 11.3 Å². The van der Waals surface area contributed by atoms with Crippen molar-refractivity contribution in [2.75, 3.05) is 13.1 Å². The lowest BCUT2D eigenvalue weighted by Crippen LogP contribution is -2.09. The first kappa shape index (κ1) is 11.9. The second-order valence-electron chi connectivity index (χ2n) is 4.12. The minimum atomic E-state index is -0.382. The van der Waals surface area contributed by atoms with Crippen LogP contribution in [0.4, 0.5) is 5.69 Å². The van der Waals surface area contributed by atoms with Crippen molar-refractivity contribution in [2.45, 2.75) is 16.0 Å². The SMILES string of the molecule is O=[N+]([O-])c1ccc2sc(S[C@H]3CCNC3)nc2c1. The summed E-state index contributed by atoms with van der Waals surface area (Å²) >= 11 is 3.37. The van der Waals surface area contributed by atoms with Crippen molar-refractivity contribution < 1.29 is 4.92 Å². The smallest absolute Gasteiger partial charge is 0.271 e. The highest BCUT2D eigenvalue weighted by atomic mass is 32.2. The average Bonchev–Trinajstić information content (AvgIpc) is 2.96. The van der Waals surface area contributed by atoms with E-state index >= 15 is 0 Å². The Hall–Kier alpha value is -1.18. The number of fused-ring (bicyclic) bond motifs is 1. The summed E-state index contributed by atoms with van der Waals surface area (Å²) in [6.45, 7) is 2.08. The molecular weight excluding hydrogens is 270 g/mol. The van der Waals surface area contributed by atoms with Crippen LogP contribution in [0.3, 0.4) is 0 Å². The number of thiazole rings is 1. The van der Waals surface area contributed by atoms with Gasteiger partial charge in [-0.1, -0.05) is 11.8 Å². The van der Waals surface area contributed by atoms with Gasteiger partial charge in [0.25, 0.3) is 5.69 Å². The third kappa shape index (κ3) is 2.33. The molecule has 18 heavy (non-hydrogen) atoms. The molecule has 1 aliphatic rings. The molecule has 7 heteroatoms. The van der Waals surface area contributed by atoms with Crippen LogP contribution in [0.2, 0.25) is 0 Å². The maximum atomic E-state index is 10.7. The number of nitrogens with zero attached hydrogens (tertiary/aromatic N) is 2. The molecule has 3 rings (SSSR count). The lowest BCUT2D eigenvalue weighted by atomic mass is 10.3. The number of aromatic nitrogens is 1. The summed E-state index contributed by atoms with van der Waals surface area (Å²) in [6, 6.07) is 4.86. The van der Waals surface area contributed by atoms with E-state index in [-0.39, 0.29) is 10.6 Å². The molecule has 94 valence electrons. The number of hydrogen-bond acceptors (Lipinski definition) is 6. The molecule has 5 nitrogen and oxygen atoms in total. The molecule has 0 unspecified atom stereocenters. The third-order valence-electron chi connectivity index (χ3n) is 2.84. The predicted molar refractivity (Wildman–Crippen MR) is 73.4 cm³/mol. The molecule has 2 heterocycles. The third-order valence-corrected chi connectivity index (χ3v) is 5.24. The van der Waals surface area contributed by atoms with Gasteiger partial charge in [0, 0.05) is 23.9 Å². The molecule has 0 amide bonds. The fourth-order valence-corrected chi connectivity index (χ4v) is 4.35. The number of benzene rings is 1. The van der Waals surface area contributed by atoms with E-state index in [0.717, 1.165) is 34.1 Å². The first-order chi connectivity index (χ1) is 8.72. The van der Waals surface area contributed by atoms with Gasteiger partial charge in [-0.25, -0.2) is 4.98 Å². The van der Waals surface area contributed by atoms with Crippen LogP contribution in [-0.4, -0.2) is 28.2 Å². The van der Waals surface area contributed by atoms with Crippen LogP contribution in [0, 0.1) is 10.1 Å². The lowest BCUT2D eigenvalue weighted by Gasteiger charge is -2.02. The van der Waals surface area contributed by atoms with E-state index < -0.39 is 0 Å². The Bertz CT molecular complexity index is 593. The molecule has 0 spiro atoms. The van der Waals surface area contributed by atoms with Gasteiger partial charge in [0.05, 0.1) is 15.1 Å². The van der Waals surface area contributed by atoms with Gasteiger partial charge in [-0.2, -0.15) is 0 Å². The highest BCUT2D eigenvalue weighted by Crippen LogP contribution is 2.34. The van der Waals surface area contributed by atoms with Crippen molar-refractivity contribution in [1.82, 2.24) is 10.3 Å². The standard InChI is InChI=1S/C11H11N3O2S2/c15-14(16)7-1-2-10-9(5-7)13-11(18-10)17-8-3-4-12-6-8/h1-2,5,8,12H,3-4,6H2/t8-/m0/s1. The Morgan fingerprint density at radius 2 is 2.44 bits per heavy atom. The summed E-state index contributed by atoms with van der Waals surface area (Å²) in [5.41, 5.74) is 0.828. The summed E-state index contributed by atoms with van der Waals surface area (Å²) in [5.74, 6) is 0. The van der Waals surface area contributed by atoms with Crippen molar-refractivity contribution >= 4 is 39.0 Å². The summed E-state index contributed by atoms with van der Waals surface area (Å²) in [6.07, 6.45) is 1.15. The maximum Gasteiger partial charge on any atom is 0.271 e. The fourth-order valence-electron chi connectivity index (χ4n) is 1.93. The monoisotopic (exact) mass is 281 g/mol. The Morgan fingerprint density at radius 3 is 3.17 bits per heavy atom. The number of thioether (sulfide) groups is 1. The molecule has 0 saturated carbocycles. The summed E-state index contributed by atoms with van der Waals surface area (Å²) in [7, 11) is 0. The van der Waals surface area contributed by atoms with Crippen LogP contribution in [0.5, 0.6) is 0 Å². The predicted octanol–water partition coefficient (Wildman–Crippen LogP) is 2.66. The molecule has 1 aliphatic heterocycles. The molecular formula is C11H11N3O2S2. The van der Waals surface area contributed by atoms with Crippen molar-refractivity contribution in [3.8, 4) is 0 Å². The van der Waals surface area contributed by atoms with Gasteiger partial charge in [0.1, 0.15) is 0 Å². The lowest BCUT2D eigenvalue weighted by molar-refractivity contribution is -0.384. The molecule has 0 aliphatic carbocycles. The highest BCUT2D eigenvalue weighted by molar-refractivity contribution is 8.01. The topological polar surface area (TPSA) is 68.1 Å². The van der Waals surface area contributed by atoms with Crippen molar-refractivity contribution in [3.63, 3.8) is 0 Å². The van der Waals surface area contributed by atoms with Crippen LogP contribution in [0.1, 0.15) is 6.42 Å². The second kappa shape index (κ2) is 4.83. The van der Waals surface area contributed by atoms with Crippen LogP contribution < -0.4 is 5.32 Å². The first-order valence-electron chi connectivity index (χ1n) is 5.65. The Kier molecular flexibility index (Phi) is 3.19. The number of nitrogens with one attached hydrogen (secondary N) is 1. The van der Waals surface area contributed by atoms with Gasteiger partial charge in [-0.3, -0.25) is 10.1 Å². The van der Waals surface area contributed by atoms with E-state index in [0.29, 0.717) is 5.25 Å². The first-order valence-corrected chi connectivity index (χ1v) is 7.34. The largest absolute Gasteiger partial charge is 0.316 e. The second-order valence-corrected chi connectivity index (χ2v) is 6.70. The zero-order valence-corrected chi connectivity index (χ0v) is 11.1. The van der Waals surface area contributed by atoms with Gasteiger partial charge >= 0.3 is 0 Å². The number of non-ortho nitro benzene ring substituents is 1. The fraction of sp³-hybridized carbons (Fsp3) is 0.364. The molecule has 1 fully saturated rings. The molecule has 2 aromatic rings. The Morgan fingerprint density at radius 1 is 1.56 bits per heavy atom. The zero-order valence-electron chi connectivity index (χ0n) is 9.46. The normalized spacial score (nSPS) is 19.4. The van der Waals surface area contributed by atoms with E-state index in [1.54, 1.807) is 35.2 Å². The number of nitro groups is 1. The molecule has 1 N–H and O–H groups in total. The van der Waals surface area contributed by atoms with Gasteiger partial charge in [-0.05, 0) is 19.0 Å². The maximum absolute atomic E-state index is 10.7. The molecule has 0 bridgehead atoms. The van der Waals surface area contributed by atoms with Crippen LogP contribution in [0.25, 0.3) is 10.2 Å². The number of hydrogen-bond donors (Lipinski definition) is 1. The minimum Gasteiger partial charge on any atom is -0.316 e. The molecule has 1 atom stereocenters. The number of rotatable bonds is 3. The van der Waals surface area contributed by atoms with Gasteiger partial charge < -0.3 is 5.32 Å².